The van der Waals surface area contributed by atoms with Crippen molar-refractivity contribution in [2.45, 2.75) is 204 Å². The summed E-state index contributed by atoms with van der Waals surface area (Å²) in [4.78, 5) is 19.1. The van der Waals surface area contributed by atoms with E-state index >= 15 is 0 Å². The highest BCUT2D eigenvalue weighted by Crippen LogP contribution is 2.48. The molecule has 1 aliphatic heterocycles. The van der Waals surface area contributed by atoms with Crippen LogP contribution in [0, 0.1) is 41.5 Å². The van der Waals surface area contributed by atoms with Gasteiger partial charge < -0.3 is 35.5 Å². The molecule has 7 rings (SSSR count). The molecule has 8 nitrogen and oxygen atoms in total. The lowest BCUT2D eigenvalue weighted by atomic mass is 10.1. The van der Waals surface area contributed by atoms with Gasteiger partial charge in [0, 0.05) is 88.1 Å². The zero-order chi connectivity index (χ0) is 62.1. The second kappa shape index (κ2) is 65.5. The number of unbranched alkanes of at least 4 members (excludes halogenated alkanes) is 11. The van der Waals surface area contributed by atoms with E-state index in [9.17, 15) is 0 Å². The molecule has 0 N–H and O–H groups in total. The van der Waals surface area contributed by atoms with Gasteiger partial charge in [-0.2, -0.15) is 0 Å². The van der Waals surface area contributed by atoms with E-state index in [0.717, 1.165) is 64.4 Å². The van der Waals surface area contributed by atoms with Crippen molar-refractivity contribution in [3.05, 3.63) is 120 Å². The molecular formula is C60H115Br3N7OP9S3. The maximum absolute atomic E-state index is 6.47. The summed E-state index contributed by atoms with van der Waals surface area (Å²) in [6.45, 7) is 30.1. The van der Waals surface area contributed by atoms with Crippen molar-refractivity contribution >= 4 is 140 Å². The van der Waals surface area contributed by atoms with E-state index in [1.54, 1.807) is 35.4 Å². The molecule has 1 saturated heterocycles. The lowest BCUT2D eigenvalue weighted by Crippen LogP contribution is -3.00. The topological polar surface area (TPSA) is 56.9 Å². The smallest absolute Gasteiger partial charge is 0.243 e. The van der Waals surface area contributed by atoms with Crippen LogP contribution in [0.1, 0.15) is 183 Å². The van der Waals surface area contributed by atoms with Gasteiger partial charge in [0.15, 0.2) is 0 Å². The Hall–Kier alpha value is 1.96. The minimum Gasteiger partial charge on any atom is -1.00 e. The molecule has 83 heavy (non-hydrogen) atoms. The van der Waals surface area contributed by atoms with Gasteiger partial charge in [0.05, 0.1) is 27.5 Å². The normalized spacial score (nSPS) is 12.0. The number of alkyl halides is 1. The first-order valence-corrected chi connectivity index (χ1v) is 49.4. The molecular weight excluding hydrogens is 1450 g/mol. The molecule has 23 heteroatoms. The number of aromatic nitrogens is 6. The fourth-order valence-electron chi connectivity index (χ4n) is 8.29. The first kappa shape index (κ1) is 87.0. The first-order chi connectivity index (χ1) is 40.1. The summed E-state index contributed by atoms with van der Waals surface area (Å²) in [5.74, 6) is 0. The zero-order valence-electron chi connectivity index (χ0n) is 54.1. The van der Waals surface area contributed by atoms with Gasteiger partial charge in [0.1, 0.15) is 12.4 Å². The Morgan fingerprint density at radius 2 is 1.12 bits per heavy atom. The monoisotopic (exact) mass is 1560 g/mol. The van der Waals surface area contributed by atoms with E-state index in [-0.39, 0.29) is 17.0 Å². The Bertz CT molecular complexity index is 2240. The molecule has 0 aliphatic carbocycles. The van der Waals surface area contributed by atoms with E-state index < -0.39 is 0 Å². The van der Waals surface area contributed by atoms with Crippen LogP contribution in [0.2, 0.25) is 0 Å². The molecule has 480 valence electrons. The van der Waals surface area contributed by atoms with Gasteiger partial charge in [-0.3, -0.25) is 0 Å². The van der Waals surface area contributed by atoms with Crippen molar-refractivity contribution in [2.75, 3.05) is 38.2 Å². The molecule has 1 fully saturated rings. The maximum atomic E-state index is 6.47. The van der Waals surface area contributed by atoms with E-state index in [1.165, 1.54) is 177 Å². The summed E-state index contributed by atoms with van der Waals surface area (Å²) < 4.78 is 19.8. The first-order valence-electron chi connectivity index (χ1n) is 30.2. The summed E-state index contributed by atoms with van der Waals surface area (Å²) in [7, 11) is 15.8. The standard InChI is InChI=1S/C16H25N2S.C16H29NS.C12H19BrS.C5H12.C4H6N2.C4H8O.C3H7N2P3.BrH4P3.BrH.H5P3/c1-14-12-16(15(2)19-14)8-6-4-5-7-9-18-11-10-17(3)13-18;1-5-17(6-2)12-10-8-7-9-11-16-13-14(3)18-15(16)4;1-10-9-12(11(2)14-10)7-5-3-4-6-8-13;1-3-5-4-2;1-6-3-2-5-4-6;1-2-4-5-3-1;6-8-7-5-2-1-4-3-5;1-3-4-2;;1-3-2/h10-13H,4-9H2,1-3H3;13H,5-12H2,1-4H3;9H,3-8H2,1-2H3;3-5H2,1-2H3;2-4H,1H3;1-4H2;1-3,7-8H,6H2;3-4H,2H2;1H;3H,1-2H2/q+1;;;;;;;;;/p-1/i;;;;;;;;;1T. The SMILES string of the molecule is C1CCOC1.CCCCC.CCN(CC)CCCCCCc1cc(C)sc1C.Cc1cc(CCCCCCBr)c(C)s1.Cc1cc(CCCCCCn2cc[n+](C)c2)c(C)s1.Cn1ccnc1.PPPBr.PPPn1ccnc1.[3H]PPP.[Br-]. The number of imidazole rings is 3. The van der Waals surface area contributed by atoms with Crippen molar-refractivity contribution in [3.8, 4) is 0 Å². The Balaban J connectivity index is -0.000000933. The fourth-order valence-corrected chi connectivity index (χ4v) is 14.2. The van der Waals surface area contributed by atoms with Crippen LogP contribution in [0.3, 0.4) is 0 Å². The number of halogens is 3. The third-order valence-corrected chi connectivity index (χ3v) is 26.8. The van der Waals surface area contributed by atoms with E-state index in [4.69, 9.17) is 6.02 Å². The van der Waals surface area contributed by atoms with Gasteiger partial charge in [-0.1, -0.05) is 134 Å². The van der Waals surface area contributed by atoms with Crippen molar-refractivity contribution in [1.29, 1.82) is 1.28 Å². The number of hydrogen-bond acceptors (Lipinski definition) is 7. The minimum absolute atomic E-state index is 0. The molecule has 6 aromatic rings. The third kappa shape index (κ3) is 55.3. The van der Waals surface area contributed by atoms with Crippen LogP contribution in [0.5, 0.6) is 0 Å². The molecule has 1 aliphatic rings. The van der Waals surface area contributed by atoms with Gasteiger partial charge in [0.25, 0.3) is 0 Å². The maximum Gasteiger partial charge on any atom is 0.243 e. The van der Waals surface area contributed by atoms with Crippen LogP contribution in [0.25, 0.3) is 0 Å². The predicted molar refractivity (Wildman–Crippen MR) is 411 cm³/mol. The Morgan fingerprint density at radius 1 is 0.663 bits per heavy atom. The largest absolute Gasteiger partial charge is 1.00 e. The average molecular weight is 1570 g/mol. The highest BCUT2D eigenvalue weighted by atomic mass is 79.9. The molecule has 6 aromatic heterocycles. The number of thiophene rings is 3. The van der Waals surface area contributed by atoms with Crippen molar-refractivity contribution in [1.82, 2.24) is 28.3 Å². The van der Waals surface area contributed by atoms with Crippen molar-refractivity contribution < 1.29 is 26.3 Å². The van der Waals surface area contributed by atoms with Gasteiger partial charge in [-0.15, -0.1) is 69.7 Å². The van der Waals surface area contributed by atoms with Crippen LogP contribution in [0.4, 0.5) is 0 Å². The molecule has 9 atom stereocenters. The Kier molecular flexibility index (Phi) is 68.6. The molecule has 0 aromatic carbocycles. The Labute approximate surface area is 567 Å². The highest BCUT2D eigenvalue weighted by molar-refractivity contribution is 9.42. The number of hydrogen-bond donors (Lipinski definition) is 0. The quantitative estimate of drug-likeness (QED) is 0.0213. The third-order valence-electron chi connectivity index (χ3n) is 12.7. The van der Waals surface area contributed by atoms with Crippen LogP contribution >= 0.6 is 140 Å². The number of aryl methyl sites for hydroxylation is 12. The lowest BCUT2D eigenvalue weighted by Gasteiger charge is -2.17. The molecule has 0 radical (unpaired) electrons. The summed E-state index contributed by atoms with van der Waals surface area (Å²) in [6.07, 6.45) is 44.1. The number of ether oxygens (including phenoxy) is 1. The molecule has 9 unspecified atom stereocenters. The number of nitrogens with zero attached hydrogens (tertiary/aromatic N) is 7. The van der Waals surface area contributed by atoms with Crippen LogP contribution < -0.4 is 21.5 Å². The summed E-state index contributed by atoms with van der Waals surface area (Å²) in [5.41, 5.74) is 4.73. The highest BCUT2D eigenvalue weighted by Gasteiger charge is 2.06. The van der Waals surface area contributed by atoms with Crippen molar-refractivity contribution in [3.63, 3.8) is 0 Å². The molecule has 7 heterocycles. The summed E-state index contributed by atoms with van der Waals surface area (Å²) in [5, 5.41) is 1.16. The molecule has 0 amide bonds. The summed E-state index contributed by atoms with van der Waals surface area (Å²) in [6, 6.07) is 7.08. The van der Waals surface area contributed by atoms with Gasteiger partial charge >= 0.3 is 0 Å². The predicted octanol–water partition coefficient (Wildman–Crippen LogP) is 19.2. The average Bonchev–Trinajstić information content (AvgIpc) is 4.38. The van der Waals surface area contributed by atoms with Gasteiger partial charge in [0.2, 0.25) is 6.33 Å². The fraction of sp³-hybridized carbons (Fsp3) is 0.650. The summed E-state index contributed by atoms with van der Waals surface area (Å²) >= 11 is 12.5. The van der Waals surface area contributed by atoms with E-state index in [0.29, 0.717) is 8.87 Å². The zero-order valence-corrected chi connectivity index (χ0v) is 69.8. The van der Waals surface area contributed by atoms with E-state index in [1.807, 2.05) is 64.3 Å². The molecule has 0 bridgehead atoms. The molecule has 0 saturated carbocycles. The van der Waals surface area contributed by atoms with Crippen LogP contribution in [-0.4, -0.2) is 67.8 Å². The van der Waals surface area contributed by atoms with Gasteiger partial charge in [-0.05, 0) is 180 Å². The van der Waals surface area contributed by atoms with E-state index in [2.05, 4.69) is 200 Å². The van der Waals surface area contributed by atoms with Crippen molar-refractivity contribution in [2.24, 2.45) is 14.1 Å². The van der Waals surface area contributed by atoms with Crippen LogP contribution in [-0.2, 0) is 44.6 Å². The second-order valence-corrected chi connectivity index (χ2v) is 42.0. The second-order valence-electron chi connectivity index (χ2n) is 19.9. The minimum atomic E-state index is 0. The Morgan fingerprint density at radius 3 is 1.41 bits per heavy atom. The van der Waals surface area contributed by atoms with Crippen LogP contribution in [0.15, 0.2) is 74.4 Å². The lowest BCUT2D eigenvalue weighted by molar-refractivity contribution is -0.671. The molecule has 0 spiro atoms. The van der Waals surface area contributed by atoms with Gasteiger partial charge in [-0.25, -0.2) is 19.1 Å². The number of rotatable bonds is 28.